The van der Waals surface area contributed by atoms with Gasteiger partial charge in [0.25, 0.3) is 5.91 Å². The SMILES string of the molecule is Cc1cccc(C)c1-n1c(C)cc(/C=N/NC(=O)c2ccc(CSc3ccc(Cl)cc3)cc2)c1C. The number of carbonyl (C=O) groups excluding carboxylic acids is 1. The van der Waals surface area contributed by atoms with E-state index in [9.17, 15) is 4.79 Å². The number of nitrogens with zero attached hydrogens (tertiary/aromatic N) is 2. The highest BCUT2D eigenvalue weighted by atomic mass is 35.5. The van der Waals surface area contributed by atoms with E-state index in [4.69, 9.17) is 11.6 Å². The third-order valence-electron chi connectivity index (χ3n) is 5.94. The van der Waals surface area contributed by atoms with Crippen LogP contribution in [0.1, 0.15) is 44.0 Å². The summed E-state index contributed by atoms with van der Waals surface area (Å²) < 4.78 is 2.24. The summed E-state index contributed by atoms with van der Waals surface area (Å²) in [5.41, 5.74) is 11.2. The molecule has 0 saturated heterocycles. The van der Waals surface area contributed by atoms with Crippen LogP contribution < -0.4 is 5.43 Å². The number of hydrazone groups is 1. The lowest BCUT2D eigenvalue weighted by Crippen LogP contribution is -2.17. The summed E-state index contributed by atoms with van der Waals surface area (Å²) in [4.78, 5) is 13.7. The molecule has 0 aliphatic rings. The predicted octanol–water partition coefficient (Wildman–Crippen LogP) is 7.42. The van der Waals surface area contributed by atoms with Gasteiger partial charge in [-0.05, 0) is 86.8 Å². The van der Waals surface area contributed by atoms with E-state index in [1.807, 2.05) is 48.5 Å². The highest BCUT2D eigenvalue weighted by Crippen LogP contribution is 2.26. The number of benzene rings is 3. The summed E-state index contributed by atoms with van der Waals surface area (Å²) in [5.74, 6) is 0.583. The zero-order valence-corrected chi connectivity index (χ0v) is 21.9. The molecule has 1 amide bonds. The summed E-state index contributed by atoms with van der Waals surface area (Å²) in [5, 5.41) is 4.96. The second kappa shape index (κ2) is 11.0. The van der Waals surface area contributed by atoms with Gasteiger partial charge in [0.15, 0.2) is 0 Å². The number of carbonyl (C=O) groups is 1. The molecule has 1 heterocycles. The van der Waals surface area contributed by atoms with Crippen LogP contribution >= 0.6 is 23.4 Å². The number of nitrogens with one attached hydrogen (secondary N) is 1. The number of para-hydroxylation sites is 1. The van der Waals surface area contributed by atoms with Crippen LogP contribution in [0.15, 0.2) is 82.8 Å². The number of hydrogen-bond acceptors (Lipinski definition) is 3. The topological polar surface area (TPSA) is 46.4 Å². The maximum absolute atomic E-state index is 12.6. The first kappa shape index (κ1) is 24.8. The fourth-order valence-electron chi connectivity index (χ4n) is 4.10. The molecule has 0 atom stereocenters. The van der Waals surface area contributed by atoms with Crippen molar-refractivity contribution in [1.29, 1.82) is 0 Å². The Labute approximate surface area is 216 Å². The van der Waals surface area contributed by atoms with E-state index in [-0.39, 0.29) is 5.91 Å². The van der Waals surface area contributed by atoms with Crippen molar-refractivity contribution in [3.63, 3.8) is 0 Å². The highest BCUT2D eigenvalue weighted by molar-refractivity contribution is 7.98. The van der Waals surface area contributed by atoms with E-state index >= 15 is 0 Å². The first-order chi connectivity index (χ1) is 16.8. The van der Waals surface area contributed by atoms with Crippen molar-refractivity contribution < 1.29 is 4.79 Å². The van der Waals surface area contributed by atoms with Gasteiger partial charge in [0, 0.05) is 38.2 Å². The van der Waals surface area contributed by atoms with E-state index in [1.165, 1.54) is 16.8 Å². The molecule has 35 heavy (non-hydrogen) atoms. The van der Waals surface area contributed by atoms with Crippen LogP contribution in [0.3, 0.4) is 0 Å². The molecule has 4 aromatic rings. The van der Waals surface area contributed by atoms with Gasteiger partial charge in [-0.25, -0.2) is 5.43 Å². The summed E-state index contributed by atoms with van der Waals surface area (Å²) >= 11 is 7.67. The zero-order chi connectivity index (χ0) is 24.9. The van der Waals surface area contributed by atoms with Crippen molar-refractivity contribution in [2.24, 2.45) is 5.10 Å². The third kappa shape index (κ3) is 5.87. The average molecular weight is 502 g/mol. The molecule has 3 aromatic carbocycles. The Bertz CT molecular complexity index is 1350. The predicted molar refractivity (Wildman–Crippen MR) is 147 cm³/mol. The number of halogens is 1. The molecule has 0 saturated carbocycles. The molecule has 0 unspecified atom stereocenters. The summed E-state index contributed by atoms with van der Waals surface area (Å²) in [6, 6.07) is 23.8. The molecule has 0 bridgehead atoms. The van der Waals surface area contributed by atoms with E-state index in [0.717, 1.165) is 38.2 Å². The van der Waals surface area contributed by atoms with Gasteiger partial charge >= 0.3 is 0 Å². The summed E-state index contributed by atoms with van der Waals surface area (Å²) in [7, 11) is 0. The summed E-state index contributed by atoms with van der Waals surface area (Å²) in [6.07, 6.45) is 1.71. The number of aryl methyl sites for hydroxylation is 3. The van der Waals surface area contributed by atoms with Gasteiger partial charge in [0.05, 0.1) is 11.9 Å². The van der Waals surface area contributed by atoms with Crippen LogP contribution in [0.25, 0.3) is 5.69 Å². The highest BCUT2D eigenvalue weighted by Gasteiger charge is 2.13. The molecule has 6 heteroatoms. The van der Waals surface area contributed by atoms with Crippen molar-refractivity contribution in [3.8, 4) is 5.69 Å². The van der Waals surface area contributed by atoms with Crippen LogP contribution in [0, 0.1) is 27.7 Å². The van der Waals surface area contributed by atoms with Crippen LogP contribution in [0.5, 0.6) is 0 Å². The van der Waals surface area contributed by atoms with Gasteiger partial charge in [-0.1, -0.05) is 41.9 Å². The second-order valence-electron chi connectivity index (χ2n) is 8.54. The van der Waals surface area contributed by atoms with Gasteiger partial charge in [0.1, 0.15) is 0 Å². The second-order valence-corrected chi connectivity index (χ2v) is 10.0. The average Bonchev–Trinajstić information content (AvgIpc) is 3.12. The zero-order valence-electron chi connectivity index (χ0n) is 20.3. The maximum Gasteiger partial charge on any atom is 0.271 e. The molecule has 0 radical (unpaired) electrons. The summed E-state index contributed by atoms with van der Waals surface area (Å²) in [6.45, 7) is 8.40. The van der Waals surface area contributed by atoms with Crippen LogP contribution in [0.4, 0.5) is 0 Å². The first-order valence-electron chi connectivity index (χ1n) is 11.4. The molecule has 1 N–H and O–H groups in total. The van der Waals surface area contributed by atoms with Crippen LogP contribution in [-0.4, -0.2) is 16.7 Å². The molecule has 178 valence electrons. The Hall–Kier alpha value is -3.28. The quantitative estimate of drug-likeness (QED) is 0.163. The third-order valence-corrected chi connectivity index (χ3v) is 7.27. The van der Waals surface area contributed by atoms with Crippen molar-refractivity contribution >= 4 is 35.5 Å². The fourth-order valence-corrected chi connectivity index (χ4v) is 5.08. The normalized spacial score (nSPS) is 11.2. The van der Waals surface area contributed by atoms with E-state index < -0.39 is 0 Å². The van der Waals surface area contributed by atoms with Crippen LogP contribution in [0.2, 0.25) is 5.02 Å². The minimum atomic E-state index is -0.235. The van der Waals surface area contributed by atoms with Gasteiger partial charge in [-0.15, -0.1) is 11.8 Å². The molecule has 0 aliphatic carbocycles. The van der Waals surface area contributed by atoms with Gasteiger partial charge in [-0.3, -0.25) is 4.79 Å². The Kier molecular flexibility index (Phi) is 7.79. The van der Waals surface area contributed by atoms with Crippen molar-refractivity contribution in [2.45, 2.75) is 38.3 Å². The molecular weight excluding hydrogens is 474 g/mol. The number of thioether (sulfide) groups is 1. The molecule has 0 fully saturated rings. The van der Waals surface area contributed by atoms with Crippen molar-refractivity contribution in [3.05, 3.63) is 117 Å². The Balaban J connectivity index is 1.39. The van der Waals surface area contributed by atoms with Crippen molar-refractivity contribution in [1.82, 2.24) is 9.99 Å². The lowest BCUT2D eigenvalue weighted by molar-refractivity contribution is 0.0955. The molecule has 0 spiro atoms. The monoisotopic (exact) mass is 501 g/mol. The first-order valence-corrected chi connectivity index (χ1v) is 12.8. The standard InChI is InChI=1S/C29H28ClN3OS/c1-19-6-5-7-20(2)28(19)33-21(3)16-25(22(33)4)17-31-32-29(34)24-10-8-23(9-11-24)18-35-27-14-12-26(30)13-15-27/h5-17H,18H2,1-4H3,(H,32,34)/b31-17+. The maximum atomic E-state index is 12.6. The van der Waals surface area contributed by atoms with Crippen LogP contribution in [-0.2, 0) is 5.75 Å². The molecule has 4 rings (SSSR count). The largest absolute Gasteiger partial charge is 0.317 e. The number of rotatable bonds is 7. The Morgan fingerprint density at radius 2 is 1.63 bits per heavy atom. The smallest absolute Gasteiger partial charge is 0.271 e. The molecule has 1 aromatic heterocycles. The molecule has 0 aliphatic heterocycles. The van der Waals surface area contributed by atoms with E-state index in [0.29, 0.717) is 5.56 Å². The molecule has 4 nitrogen and oxygen atoms in total. The Morgan fingerprint density at radius 3 is 2.29 bits per heavy atom. The molecular formula is C29H28ClN3OS. The van der Waals surface area contributed by atoms with Crippen molar-refractivity contribution in [2.75, 3.05) is 0 Å². The van der Waals surface area contributed by atoms with E-state index in [2.05, 4.69) is 67.1 Å². The minimum absolute atomic E-state index is 0.235. The Morgan fingerprint density at radius 1 is 0.971 bits per heavy atom. The van der Waals surface area contributed by atoms with Gasteiger partial charge < -0.3 is 4.57 Å². The number of hydrogen-bond donors (Lipinski definition) is 1. The van der Waals surface area contributed by atoms with Gasteiger partial charge in [0.2, 0.25) is 0 Å². The van der Waals surface area contributed by atoms with Gasteiger partial charge in [-0.2, -0.15) is 5.10 Å². The number of aromatic nitrogens is 1. The minimum Gasteiger partial charge on any atom is -0.317 e. The van der Waals surface area contributed by atoms with E-state index in [1.54, 1.807) is 18.0 Å². The lowest BCUT2D eigenvalue weighted by Gasteiger charge is -2.15. The number of amides is 1. The lowest BCUT2D eigenvalue weighted by atomic mass is 10.1. The fraction of sp³-hybridized carbons (Fsp3) is 0.172.